The molecule has 162 valence electrons. The lowest BCUT2D eigenvalue weighted by atomic mass is 10.1. The van der Waals surface area contributed by atoms with Gasteiger partial charge in [0.2, 0.25) is 5.95 Å². The molecule has 2 N–H and O–H groups in total. The summed E-state index contributed by atoms with van der Waals surface area (Å²) in [5.41, 5.74) is 3.67. The van der Waals surface area contributed by atoms with Gasteiger partial charge in [0.1, 0.15) is 16.8 Å². The second-order valence-corrected chi connectivity index (χ2v) is 7.72. The molecule has 31 heavy (non-hydrogen) atoms. The molecule has 0 aliphatic carbocycles. The Labute approximate surface area is 186 Å². The summed E-state index contributed by atoms with van der Waals surface area (Å²) >= 11 is 6.26. The van der Waals surface area contributed by atoms with Crippen LogP contribution in [0.2, 0.25) is 5.15 Å². The lowest BCUT2D eigenvalue weighted by molar-refractivity contribution is 0.122. The zero-order chi connectivity index (χ0) is 21.8. The highest BCUT2D eigenvalue weighted by Gasteiger charge is 2.15. The first-order valence-electron chi connectivity index (χ1n) is 10.1. The van der Waals surface area contributed by atoms with E-state index in [0.29, 0.717) is 24.3 Å². The van der Waals surface area contributed by atoms with Crippen molar-refractivity contribution in [1.82, 2.24) is 15.0 Å². The van der Waals surface area contributed by atoms with E-state index >= 15 is 0 Å². The Morgan fingerprint density at radius 2 is 1.97 bits per heavy atom. The average Bonchev–Trinajstić information content (AvgIpc) is 2.79. The van der Waals surface area contributed by atoms with Crippen LogP contribution in [-0.4, -0.2) is 53.4 Å². The quantitative estimate of drug-likeness (QED) is 0.561. The molecular formula is C22H25ClN6O2. The summed E-state index contributed by atoms with van der Waals surface area (Å²) in [7, 11) is 1.94. The Kier molecular flexibility index (Phi) is 6.50. The maximum Gasteiger partial charge on any atom is 0.229 e. The van der Waals surface area contributed by atoms with Crippen molar-refractivity contribution in [2.45, 2.75) is 13.5 Å². The van der Waals surface area contributed by atoms with Gasteiger partial charge in [-0.25, -0.2) is 9.97 Å². The van der Waals surface area contributed by atoms with Crippen molar-refractivity contribution in [3.05, 3.63) is 58.9 Å². The van der Waals surface area contributed by atoms with Crippen molar-refractivity contribution in [3.8, 4) is 0 Å². The van der Waals surface area contributed by atoms with Crippen LogP contribution < -0.4 is 15.1 Å². The fraction of sp³-hybridized carbons (Fsp3) is 0.318. The number of halogens is 1. The highest BCUT2D eigenvalue weighted by Crippen LogP contribution is 2.28. The molecule has 0 atom stereocenters. The number of hydrogen-bond donors (Lipinski definition) is 2. The molecule has 1 fully saturated rings. The van der Waals surface area contributed by atoms with Crippen molar-refractivity contribution < 1.29 is 9.84 Å². The monoisotopic (exact) mass is 440 g/mol. The van der Waals surface area contributed by atoms with E-state index in [9.17, 15) is 5.11 Å². The summed E-state index contributed by atoms with van der Waals surface area (Å²) in [6.45, 7) is 4.91. The normalized spacial score (nSPS) is 13.9. The first-order valence-corrected chi connectivity index (χ1v) is 10.5. The molecule has 9 heteroatoms. The van der Waals surface area contributed by atoms with Gasteiger partial charge in [-0.05, 0) is 36.2 Å². The number of pyridine rings is 1. The van der Waals surface area contributed by atoms with Gasteiger partial charge < -0.3 is 25.0 Å². The number of aliphatic hydroxyl groups excluding tert-OH is 1. The Morgan fingerprint density at radius 1 is 1.16 bits per heavy atom. The smallest absolute Gasteiger partial charge is 0.229 e. The van der Waals surface area contributed by atoms with Crippen molar-refractivity contribution in [3.63, 3.8) is 0 Å². The van der Waals surface area contributed by atoms with E-state index in [1.54, 1.807) is 12.3 Å². The van der Waals surface area contributed by atoms with Crippen LogP contribution in [0.15, 0.2) is 42.6 Å². The van der Waals surface area contributed by atoms with Crippen molar-refractivity contribution in [2.24, 2.45) is 0 Å². The average molecular weight is 441 g/mol. The largest absolute Gasteiger partial charge is 0.392 e. The van der Waals surface area contributed by atoms with Gasteiger partial charge in [0.25, 0.3) is 0 Å². The number of hydrogen-bond acceptors (Lipinski definition) is 8. The SMILES string of the molecule is Cc1ccc(CO)cc1N(C)c1ccnc(Nc2cc(Cl)nc(N3CCOCC3)c2)n1. The summed E-state index contributed by atoms with van der Waals surface area (Å²) in [6.07, 6.45) is 1.71. The lowest BCUT2D eigenvalue weighted by Gasteiger charge is -2.28. The Hall–Kier alpha value is -2.94. The van der Waals surface area contributed by atoms with Crippen molar-refractivity contribution in [2.75, 3.05) is 48.5 Å². The summed E-state index contributed by atoms with van der Waals surface area (Å²) in [6, 6.07) is 11.4. The molecule has 0 amide bonds. The summed E-state index contributed by atoms with van der Waals surface area (Å²) < 4.78 is 5.42. The standard InChI is InChI=1S/C22H25ClN6O2/c1-15-3-4-16(14-30)11-18(15)28(2)20-5-6-24-22(27-20)25-17-12-19(23)26-21(13-17)29-7-9-31-10-8-29/h3-6,11-13,30H,7-10,14H2,1-2H3,(H,24,25,26,27). The number of aliphatic hydroxyl groups is 1. The lowest BCUT2D eigenvalue weighted by Crippen LogP contribution is -2.36. The molecule has 8 nitrogen and oxygen atoms in total. The highest BCUT2D eigenvalue weighted by atomic mass is 35.5. The van der Waals surface area contributed by atoms with Crippen LogP contribution in [0.25, 0.3) is 0 Å². The Morgan fingerprint density at radius 3 is 2.74 bits per heavy atom. The van der Waals surface area contributed by atoms with E-state index in [-0.39, 0.29) is 6.61 Å². The molecule has 0 spiro atoms. The predicted octanol–water partition coefficient (Wildman–Crippen LogP) is 3.67. The minimum Gasteiger partial charge on any atom is -0.392 e. The number of aromatic nitrogens is 3. The van der Waals surface area contributed by atoms with Gasteiger partial charge in [-0.15, -0.1) is 0 Å². The van der Waals surface area contributed by atoms with Gasteiger partial charge in [0.15, 0.2) is 0 Å². The predicted molar refractivity (Wildman–Crippen MR) is 123 cm³/mol. The van der Waals surface area contributed by atoms with E-state index in [4.69, 9.17) is 16.3 Å². The Balaban J connectivity index is 1.57. The van der Waals surface area contributed by atoms with Crippen molar-refractivity contribution >= 4 is 40.6 Å². The number of ether oxygens (including phenoxy) is 1. The number of nitrogens with one attached hydrogen (secondary N) is 1. The van der Waals surface area contributed by atoms with E-state index in [2.05, 4.69) is 25.2 Å². The molecule has 1 saturated heterocycles. The van der Waals surface area contributed by atoms with E-state index in [0.717, 1.165) is 47.2 Å². The second-order valence-electron chi connectivity index (χ2n) is 7.34. The minimum absolute atomic E-state index is 0.00796. The molecule has 4 rings (SSSR count). The third-order valence-corrected chi connectivity index (χ3v) is 5.37. The zero-order valence-corrected chi connectivity index (χ0v) is 18.3. The number of nitrogens with zero attached hydrogens (tertiary/aromatic N) is 5. The third-order valence-electron chi connectivity index (χ3n) is 5.17. The molecule has 2 aromatic heterocycles. The van der Waals surface area contributed by atoms with Gasteiger partial charge in [0.05, 0.1) is 19.8 Å². The van der Waals surface area contributed by atoms with Crippen LogP contribution in [0.4, 0.5) is 29.0 Å². The van der Waals surface area contributed by atoms with Crippen LogP contribution in [0, 0.1) is 6.92 Å². The van der Waals surface area contributed by atoms with Gasteiger partial charge in [-0.1, -0.05) is 23.7 Å². The van der Waals surface area contributed by atoms with Crippen LogP contribution >= 0.6 is 11.6 Å². The number of anilines is 5. The van der Waals surface area contributed by atoms with Gasteiger partial charge in [-0.2, -0.15) is 4.98 Å². The minimum atomic E-state index is -0.00796. The summed E-state index contributed by atoms with van der Waals surface area (Å²) in [5, 5.41) is 13.1. The maximum atomic E-state index is 9.47. The van der Waals surface area contributed by atoms with E-state index < -0.39 is 0 Å². The first kappa shape index (κ1) is 21.3. The van der Waals surface area contributed by atoms with Crippen molar-refractivity contribution in [1.29, 1.82) is 0 Å². The van der Waals surface area contributed by atoms with Crippen LogP contribution in [0.1, 0.15) is 11.1 Å². The molecule has 0 radical (unpaired) electrons. The van der Waals surface area contributed by atoms with Crippen LogP contribution in [0.3, 0.4) is 0 Å². The van der Waals surface area contributed by atoms with Crippen LogP contribution in [-0.2, 0) is 11.3 Å². The molecule has 1 aromatic carbocycles. The number of benzene rings is 1. The molecule has 0 saturated carbocycles. The number of rotatable bonds is 6. The molecule has 0 unspecified atom stereocenters. The topological polar surface area (TPSA) is 86.6 Å². The zero-order valence-electron chi connectivity index (χ0n) is 17.5. The van der Waals surface area contributed by atoms with E-state index in [1.807, 2.05) is 49.2 Å². The first-order chi connectivity index (χ1) is 15.0. The Bertz CT molecular complexity index is 1060. The molecule has 1 aliphatic heterocycles. The van der Waals surface area contributed by atoms with Gasteiger partial charge in [-0.3, -0.25) is 0 Å². The van der Waals surface area contributed by atoms with Gasteiger partial charge >= 0.3 is 0 Å². The molecule has 1 aliphatic rings. The highest BCUT2D eigenvalue weighted by molar-refractivity contribution is 6.29. The summed E-state index contributed by atoms with van der Waals surface area (Å²) in [5.74, 6) is 1.97. The van der Waals surface area contributed by atoms with E-state index in [1.165, 1.54) is 0 Å². The fourth-order valence-corrected chi connectivity index (χ4v) is 3.68. The third kappa shape index (κ3) is 5.04. The molecular weight excluding hydrogens is 416 g/mol. The maximum absolute atomic E-state index is 9.47. The molecule has 0 bridgehead atoms. The number of morpholine rings is 1. The number of aryl methyl sites for hydroxylation is 1. The molecule has 3 heterocycles. The second kappa shape index (κ2) is 9.47. The van der Waals surface area contributed by atoms with Gasteiger partial charge in [0, 0.05) is 43.8 Å². The molecule has 3 aromatic rings. The fourth-order valence-electron chi connectivity index (χ4n) is 3.47. The van der Waals surface area contributed by atoms with Crippen LogP contribution in [0.5, 0.6) is 0 Å². The summed E-state index contributed by atoms with van der Waals surface area (Å²) in [4.78, 5) is 17.6.